The highest BCUT2D eigenvalue weighted by molar-refractivity contribution is 5.95. The van der Waals surface area contributed by atoms with E-state index in [0.717, 1.165) is 0 Å². The fourth-order valence-electron chi connectivity index (χ4n) is 1.62. The van der Waals surface area contributed by atoms with Crippen molar-refractivity contribution in [1.82, 2.24) is 14.7 Å². The summed E-state index contributed by atoms with van der Waals surface area (Å²) in [4.78, 5) is 15.0. The number of carbonyl (C=O) groups is 1. The summed E-state index contributed by atoms with van der Waals surface area (Å²) >= 11 is 0. The monoisotopic (exact) mass is 221 g/mol. The Morgan fingerprint density at radius 1 is 1.62 bits per heavy atom. The quantitative estimate of drug-likeness (QED) is 0.700. The number of aromatic nitrogens is 2. The smallest absolute Gasteiger partial charge is 0.356 e. The number of aromatic hydroxyl groups is 1. The van der Waals surface area contributed by atoms with Gasteiger partial charge in [-0.2, -0.15) is 0 Å². The van der Waals surface area contributed by atoms with Gasteiger partial charge in [-0.15, -0.1) is 0 Å². The summed E-state index contributed by atoms with van der Waals surface area (Å²) in [5, 5.41) is 21.5. The van der Waals surface area contributed by atoms with E-state index in [-0.39, 0.29) is 17.0 Å². The van der Waals surface area contributed by atoms with E-state index in [2.05, 4.69) is 10.3 Å². The van der Waals surface area contributed by atoms with Gasteiger partial charge in [0, 0.05) is 6.20 Å². The van der Waals surface area contributed by atoms with Crippen LogP contribution in [0, 0.1) is 0 Å². The second-order valence-electron chi connectivity index (χ2n) is 3.32. The van der Waals surface area contributed by atoms with Gasteiger partial charge >= 0.3 is 5.97 Å². The first-order valence-electron chi connectivity index (χ1n) is 4.72. The highest BCUT2D eigenvalue weighted by Crippen LogP contribution is 2.23. The molecule has 0 saturated carbocycles. The molecule has 0 atom stereocenters. The molecular formula is C10H11N3O3. The number of rotatable bonds is 3. The third kappa shape index (κ3) is 1.49. The standard InChI is InChI=1S/C10H11N3O3/c1-11-5-7-12-8(10(15)16)9-6(14)3-2-4-13(7)9/h2-4,11,14H,5H2,1H3,(H,15,16). The molecule has 0 amide bonds. The van der Waals surface area contributed by atoms with Crippen LogP contribution in [0.1, 0.15) is 16.3 Å². The Kier molecular flexibility index (Phi) is 2.49. The number of fused-ring (bicyclic) bond motifs is 1. The molecule has 6 nitrogen and oxygen atoms in total. The number of imidazole rings is 1. The molecule has 0 spiro atoms. The van der Waals surface area contributed by atoms with E-state index in [9.17, 15) is 9.90 Å². The molecule has 2 aromatic rings. The molecule has 2 rings (SSSR count). The van der Waals surface area contributed by atoms with Gasteiger partial charge in [-0.3, -0.25) is 4.40 Å². The molecule has 3 N–H and O–H groups in total. The number of nitrogens with zero attached hydrogens (tertiary/aromatic N) is 2. The Hall–Kier alpha value is -2.08. The Labute approximate surface area is 91.2 Å². The molecule has 0 aromatic carbocycles. The highest BCUT2D eigenvalue weighted by Gasteiger charge is 2.18. The lowest BCUT2D eigenvalue weighted by molar-refractivity contribution is 0.0693. The summed E-state index contributed by atoms with van der Waals surface area (Å²) in [6.07, 6.45) is 1.67. The molecule has 0 radical (unpaired) electrons. The maximum Gasteiger partial charge on any atom is 0.356 e. The largest absolute Gasteiger partial charge is 0.506 e. The maximum absolute atomic E-state index is 11.0. The van der Waals surface area contributed by atoms with Gasteiger partial charge in [0.25, 0.3) is 0 Å². The molecule has 0 aliphatic heterocycles. The zero-order valence-corrected chi connectivity index (χ0v) is 8.64. The first-order chi connectivity index (χ1) is 7.65. The lowest BCUT2D eigenvalue weighted by Gasteiger charge is -2.00. The SMILES string of the molecule is CNCc1nc(C(=O)O)c2c(O)cccn12. The molecule has 2 heterocycles. The van der Waals surface area contributed by atoms with E-state index in [1.165, 1.54) is 6.07 Å². The molecule has 2 aromatic heterocycles. The zero-order chi connectivity index (χ0) is 11.7. The van der Waals surface area contributed by atoms with Gasteiger partial charge in [-0.1, -0.05) is 0 Å². The van der Waals surface area contributed by atoms with Crippen LogP contribution in [-0.2, 0) is 6.54 Å². The van der Waals surface area contributed by atoms with Crippen molar-refractivity contribution in [3.05, 3.63) is 29.8 Å². The average Bonchev–Trinajstić information content (AvgIpc) is 2.60. The minimum absolute atomic E-state index is 0.0882. The number of carboxylic acid groups (broad SMARTS) is 1. The van der Waals surface area contributed by atoms with Crippen LogP contribution in [0.5, 0.6) is 5.75 Å². The summed E-state index contributed by atoms with van der Waals surface area (Å²) in [5.74, 6) is -0.693. The topological polar surface area (TPSA) is 86.9 Å². The molecule has 84 valence electrons. The van der Waals surface area contributed by atoms with Crippen LogP contribution in [0.15, 0.2) is 18.3 Å². The van der Waals surface area contributed by atoms with Gasteiger partial charge in [-0.05, 0) is 19.2 Å². The third-order valence-electron chi connectivity index (χ3n) is 2.25. The average molecular weight is 221 g/mol. The second-order valence-corrected chi connectivity index (χ2v) is 3.32. The fourth-order valence-corrected chi connectivity index (χ4v) is 1.62. The van der Waals surface area contributed by atoms with Crippen LogP contribution in [0.2, 0.25) is 0 Å². The van der Waals surface area contributed by atoms with Crippen LogP contribution in [-0.4, -0.2) is 32.6 Å². The molecule has 0 fully saturated rings. The zero-order valence-electron chi connectivity index (χ0n) is 8.64. The molecule has 0 saturated heterocycles. The predicted molar refractivity (Wildman–Crippen MR) is 56.6 cm³/mol. The lowest BCUT2D eigenvalue weighted by atomic mass is 10.3. The molecule has 16 heavy (non-hydrogen) atoms. The van der Waals surface area contributed by atoms with Crippen LogP contribution in [0.25, 0.3) is 5.52 Å². The summed E-state index contributed by atoms with van der Waals surface area (Å²) < 4.78 is 1.56. The molecule has 6 heteroatoms. The summed E-state index contributed by atoms with van der Waals surface area (Å²) in [7, 11) is 1.74. The van der Waals surface area contributed by atoms with Gasteiger partial charge in [0.1, 0.15) is 17.1 Å². The first-order valence-corrected chi connectivity index (χ1v) is 4.72. The maximum atomic E-state index is 11.0. The fraction of sp³-hybridized carbons (Fsp3) is 0.200. The second kappa shape index (κ2) is 3.82. The van der Waals surface area contributed by atoms with Gasteiger partial charge in [0.2, 0.25) is 0 Å². The predicted octanol–water partition coefficient (Wildman–Crippen LogP) is 0.458. The van der Waals surface area contributed by atoms with Crippen LogP contribution in [0.4, 0.5) is 0 Å². The number of hydrogen-bond acceptors (Lipinski definition) is 4. The minimum Gasteiger partial charge on any atom is -0.506 e. The molecule has 0 bridgehead atoms. The van der Waals surface area contributed by atoms with Crippen molar-refractivity contribution in [2.24, 2.45) is 0 Å². The molecule has 0 aliphatic rings. The number of aromatic carboxylic acids is 1. The molecule has 0 unspecified atom stereocenters. The Morgan fingerprint density at radius 2 is 2.38 bits per heavy atom. The first kappa shape index (κ1) is 10.4. The van der Waals surface area contributed by atoms with E-state index in [1.54, 1.807) is 23.7 Å². The molecule has 0 aliphatic carbocycles. The van der Waals surface area contributed by atoms with Gasteiger partial charge < -0.3 is 15.5 Å². The van der Waals surface area contributed by atoms with E-state index < -0.39 is 5.97 Å². The van der Waals surface area contributed by atoms with E-state index >= 15 is 0 Å². The molecular weight excluding hydrogens is 210 g/mol. The normalized spacial score (nSPS) is 10.8. The Bertz CT molecular complexity index is 547. The van der Waals surface area contributed by atoms with Crippen molar-refractivity contribution >= 4 is 11.5 Å². The van der Waals surface area contributed by atoms with Crippen molar-refractivity contribution in [1.29, 1.82) is 0 Å². The van der Waals surface area contributed by atoms with Gasteiger partial charge in [0.15, 0.2) is 5.69 Å². The van der Waals surface area contributed by atoms with Crippen molar-refractivity contribution in [2.75, 3.05) is 7.05 Å². The van der Waals surface area contributed by atoms with E-state index in [4.69, 9.17) is 5.11 Å². The van der Waals surface area contributed by atoms with Crippen LogP contribution >= 0.6 is 0 Å². The highest BCUT2D eigenvalue weighted by atomic mass is 16.4. The Balaban J connectivity index is 2.76. The lowest BCUT2D eigenvalue weighted by Crippen LogP contribution is -2.08. The van der Waals surface area contributed by atoms with Crippen molar-refractivity contribution in [3.63, 3.8) is 0 Å². The van der Waals surface area contributed by atoms with Crippen LogP contribution in [0.3, 0.4) is 0 Å². The summed E-state index contributed by atoms with van der Waals surface area (Å²) in [5.41, 5.74) is 0.0867. The Morgan fingerprint density at radius 3 is 3.00 bits per heavy atom. The van der Waals surface area contributed by atoms with Crippen molar-refractivity contribution < 1.29 is 15.0 Å². The number of carboxylic acids is 1. The van der Waals surface area contributed by atoms with E-state index in [1.807, 2.05) is 0 Å². The van der Waals surface area contributed by atoms with Gasteiger partial charge in [-0.25, -0.2) is 9.78 Å². The van der Waals surface area contributed by atoms with Crippen LogP contribution < -0.4 is 5.32 Å². The third-order valence-corrected chi connectivity index (χ3v) is 2.25. The van der Waals surface area contributed by atoms with Gasteiger partial charge in [0.05, 0.1) is 6.54 Å². The minimum atomic E-state index is -1.15. The summed E-state index contributed by atoms with van der Waals surface area (Å²) in [6.45, 7) is 0.428. The summed E-state index contributed by atoms with van der Waals surface area (Å²) in [6, 6.07) is 3.07. The van der Waals surface area contributed by atoms with Crippen molar-refractivity contribution in [3.8, 4) is 5.75 Å². The van der Waals surface area contributed by atoms with E-state index in [0.29, 0.717) is 12.4 Å². The number of nitrogens with one attached hydrogen (secondary N) is 1. The number of pyridine rings is 1. The number of hydrogen-bond donors (Lipinski definition) is 3. The van der Waals surface area contributed by atoms with Crippen molar-refractivity contribution in [2.45, 2.75) is 6.54 Å².